The summed E-state index contributed by atoms with van der Waals surface area (Å²) >= 11 is 9.69. The number of rotatable bonds is 2. The maximum atomic E-state index is 5.23. The van der Waals surface area contributed by atoms with Crippen molar-refractivity contribution in [3.05, 3.63) is 0 Å². The molecule has 1 nitrogen and oxygen atoms in total. The van der Waals surface area contributed by atoms with E-state index in [1.54, 1.807) is 0 Å². The van der Waals surface area contributed by atoms with Gasteiger partial charge < -0.3 is 4.74 Å². The topological polar surface area (TPSA) is 9.23 Å². The molecule has 0 atom stereocenters. The zero-order valence-electron chi connectivity index (χ0n) is 4.98. The van der Waals surface area contributed by atoms with Crippen molar-refractivity contribution in [1.29, 1.82) is 0 Å². The van der Waals surface area contributed by atoms with Gasteiger partial charge in [-0.1, -0.05) is 13.8 Å². The van der Waals surface area contributed by atoms with E-state index in [1.807, 2.05) is 13.8 Å². The molecule has 0 aromatic carbocycles. The smallest absolute Gasteiger partial charge is 0.255 e. The van der Waals surface area contributed by atoms with Crippen LogP contribution in [0.3, 0.4) is 0 Å². The second-order valence-corrected chi connectivity index (χ2v) is 2.88. The summed E-state index contributed by atoms with van der Waals surface area (Å²) in [5.74, 6) is 0.492. The Morgan fingerprint density at radius 3 is 2.38 bits per heavy atom. The Kier molecular flexibility index (Phi) is 4.19. The minimum Gasteiger partial charge on any atom is -0.475 e. The molecule has 0 N–H and O–H groups in total. The minimum absolute atomic E-state index is 0.110. The first kappa shape index (κ1) is 8.18. The van der Waals surface area contributed by atoms with Gasteiger partial charge in [-0.15, -0.1) is 0 Å². The molecule has 0 fully saturated rings. The van der Waals surface area contributed by atoms with Crippen LogP contribution in [-0.2, 0) is 4.74 Å². The van der Waals surface area contributed by atoms with Gasteiger partial charge in [0.15, 0.2) is 0 Å². The SMILES string of the molecule is CC(C)COC(=S)Cl. The first-order valence-corrected chi connectivity index (χ1v) is 3.24. The van der Waals surface area contributed by atoms with Crippen molar-refractivity contribution in [3.63, 3.8) is 0 Å². The third kappa shape index (κ3) is 6.18. The van der Waals surface area contributed by atoms with E-state index < -0.39 is 0 Å². The van der Waals surface area contributed by atoms with Crippen molar-refractivity contribution >= 4 is 28.3 Å². The highest BCUT2D eigenvalue weighted by Gasteiger charge is 1.93. The highest BCUT2D eigenvalue weighted by atomic mass is 35.5. The van der Waals surface area contributed by atoms with Crippen molar-refractivity contribution in [2.45, 2.75) is 13.8 Å². The number of ether oxygens (including phenoxy) is 1. The molecule has 0 aromatic rings. The average molecular weight is 153 g/mol. The number of hydrogen-bond donors (Lipinski definition) is 0. The lowest BCUT2D eigenvalue weighted by molar-refractivity contribution is 0.272. The van der Waals surface area contributed by atoms with Crippen molar-refractivity contribution in [2.24, 2.45) is 5.92 Å². The lowest BCUT2D eigenvalue weighted by Gasteiger charge is -2.02. The van der Waals surface area contributed by atoms with Gasteiger partial charge in [0.25, 0.3) is 4.51 Å². The molecule has 48 valence electrons. The van der Waals surface area contributed by atoms with Crippen LogP contribution in [0.2, 0.25) is 0 Å². The van der Waals surface area contributed by atoms with Gasteiger partial charge in [-0.25, -0.2) is 0 Å². The fourth-order valence-corrected chi connectivity index (χ4v) is 0.363. The van der Waals surface area contributed by atoms with Crippen LogP contribution in [0.25, 0.3) is 0 Å². The van der Waals surface area contributed by atoms with Gasteiger partial charge in [0.1, 0.15) is 0 Å². The Labute approximate surface area is 60.0 Å². The minimum atomic E-state index is 0.110. The molecule has 8 heavy (non-hydrogen) atoms. The summed E-state index contributed by atoms with van der Waals surface area (Å²) in [6.45, 7) is 4.69. The molecule has 0 aromatic heterocycles. The van der Waals surface area contributed by atoms with E-state index in [0.29, 0.717) is 12.5 Å². The summed E-state index contributed by atoms with van der Waals surface area (Å²) in [4.78, 5) is 0. The molecule has 0 amide bonds. The van der Waals surface area contributed by atoms with E-state index in [2.05, 4.69) is 12.2 Å². The lowest BCUT2D eigenvalue weighted by atomic mass is 10.2. The number of hydrogen-bond acceptors (Lipinski definition) is 2. The van der Waals surface area contributed by atoms with Crippen molar-refractivity contribution in [1.82, 2.24) is 0 Å². The van der Waals surface area contributed by atoms with Crippen LogP contribution in [0.1, 0.15) is 13.8 Å². The van der Waals surface area contributed by atoms with E-state index in [0.717, 1.165) is 0 Å². The van der Waals surface area contributed by atoms with Gasteiger partial charge >= 0.3 is 0 Å². The highest BCUT2D eigenvalue weighted by molar-refractivity contribution is 7.82. The Bertz CT molecular complexity index is 82.5. The molecule has 0 rings (SSSR count). The van der Waals surface area contributed by atoms with E-state index in [1.165, 1.54) is 0 Å². The fourth-order valence-electron chi connectivity index (χ4n) is 0.232. The van der Waals surface area contributed by atoms with Gasteiger partial charge in [0, 0.05) is 0 Å². The lowest BCUT2D eigenvalue weighted by Crippen LogP contribution is -2.02. The predicted octanol–water partition coefficient (Wildman–Crippen LogP) is 2.18. The molecule has 0 aliphatic carbocycles. The Hall–Kier alpha value is 0.180. The summed E-state index contributed by atoms with van der Waals surface area (Å²) in [5.41, 5.74) is 0. The van der Waals surface area contributed by atoms with Crippen LogP contribution in [-0.4, -0.2) is 11.1 Å². The normalized spacial score (nSPS) is 9.50. The summed E-state index contributed by atoms with van der Waals surface area (Å²) in [6, 6.07) is 0. The van der Waals surface area contributed by atoms with E-state index >= 15 is 0 Å². The molecular weight excluding hydrogens is 144 g/mol. The first-order chi connectivity index (χ1) is 3.63. The van der Waals surface area contributed by atoms with Crippen molar-refractivity contribution in [3.8, 4) is 0 Å². The van der Waals surface area contributed by atoms with E-state index in [9.17, 15) is 0 Å². The Morgan fingerprint density at radius 1 is 1.75 bits per heavy atom. The second-order valence-electron chi connectivity index (χ2n) is 1.94. The van der Waals surface area contributed by atoms with Crippen LogP contribution in [0, 0.1) is 5.92 Å². The summed E-state index contributed by atoms with van der Waals surface area (Å²) in [6.07, 6.45) is 0. The average Bonchev–Trinajstić information content (AvgIpc) is 1.61. The first-order valence-electron chi connectivity index (χ1n) is 2.45. The highest BCUT2D eigenvalue weighted by Crippen LogP contribution is 1.95. The van der Waals surface area contributed by atoms with Gasteiger partial charge in [-0.3, -0.25) is 0 Å². The van der Waals surface area contributed by atoms with Crippen LogP contribution in [0.4, 0.5) is 0 Å². The number of halogens is 1. The van der Waals surface area contributed by atoms with Crippen LogP contribution in [0.5, 0.6) is 0 Å². The Balaban J connectivity index is 3.05. The van der Waals surface area contributed by atoms with Crippen molar-refractivity contribution in [2.75, 3.05) is 6.61 Å². The molecule has 0 radical (unpaired) electrons. The van der Waals surface area contributed by atoms with Gasteiger partial charge in [-0.05, 0) is 29.7 Å². The number of thiocarbonyl (C=S) groups is 1. The maximum absolute atomic E-state index is 5.23. The quantitative estimate of drug-likeness (QED) is 0.443. The molecule has 0 heterocycles. The largest absolute Gasteiger partial charge is 0.475 e. The molecular formula is C5H9ClOS. The molecule has 0 unspecified atom stereocenters. The third-order valence-electron chi connectivity index (χ3n) is 0.530. The van der Waals surface area contributed by atoms with Crippen LogP contribution < -0.4 is 0 Å². The summed E-state index contributed by atoms with van der Waals surface area (Å²) in [5, 5.41) is 0. The van der Waals surface area contributed by atoms with Gasteiger partial charge in [0.05, 0.1) is 6.61 Å². The van der Waals surface area contributed by atoms with Crippen LogP contribution in [0.15, 0.2) is 0 Å². The molecule has 0 aliphatic rings. The molecule has 0 saturated carbocycles. The molecule has 3 heteroatoms. The van der Waals surface area contributed by atoms with Gasteiger partial charge in [0.2, 0.25) is 0 Å². The molecule has 0 bridgehead atoms. The maximum Gasteiger partial charge on any atom is 0.255 e. The van der Waals surface area contributed by atoms with Crippen LogP contribution >= 0.6 is 23.8 Å². The van der Waals surface area contributed by atoms with E-state index in [4.69, 9.17) is 16.3 Å². The standard InChI is InChI=1S/C5H9ClOS/c1-4(2)3-7-5(6)8/h4H,3H2,1-2H3. The second kappa shape index (κ2) is 4.10. The molecule has 0 aliphatic heterocycles. The molecule has 0 saturated heterocycles. The fraction of sp³-hybridized carbons (Fsp3) is 0.800. The Morgan fingerprint density at radius 2 is 2.25 bits per heavy atom. The third-order valence-corrected chi connectivity index (χ3v) is 0.757. The summed E-state index contributed by atoms with van der Waals surface area (Å²) < 4.78 is 4.91. The van der Waals surface area contributed by atoms with Crippen molar-refractivity contribution < 1.29 is 4.74 Å². The summed E-state index contributed by atoms with van der Waals surface area (Å²) in [7, 11) is 0. The van der Waals surface area contributed by atoms with Gasteiger partial charge in [-0.2, -0.15) is 0 Å². The predicted molar refractivity (Wildman–Crippen MR) is 39.2 cm³/mol. The molecule has 0 spiro atoms. The zero-order valence-corrected chi connectivity index (χ0v) is 6.55. The monoisotopic (exact) mass is 152 g/mol. The van der Waals surface area contributed by atoms with E-state index in [-0.39, 0.29) is 4.51 Å². The zero-order chi connectivity index (χ0) is 6.57.